The number of phenolic OH excluding ortho intramolecular Hbond substituents is 1. The van der Waals surface area contributed by atoms with Crippen LogP contribution in [0.2, 0.25) is 0 Å². The first-order chi connectivity index (χ1) is 8.51. The van der Waals surface area contributed by atoms with Crippen LogP contribution in [0.3, 0.4) is 0 Å². The molecule has 0 saturated carbocycles. The first-order valence-corrected chi connectivity index (χ1v) is 5.83. The number of carbonyl (C=O) groups is 1. The van der Waals surface area contributed by atoms with Crippen molar-refractivity contribution < 1.29 is 23.8 Å². The van der Waals surface area contributed by atoms with Crippen molar-refractivity contribution in [2.24, 2.45) is 0 Å². The fourth-order valence-corrected chi connectivity index (χ4v) is 1.56. The van der Waals surface area contributed by atoms with Crippen molar-refractivity contribution in [1.82, 2.24) is 0 Å². The smallest absolute Gasteiger partial charge is 0.313 e. The molecule has 0 amide bonds. The SMILES string of the molecule is CCOC(=O)C(C)c1cc(OCC)c(O)cc1F. The Morgan fingerprint density at radius 2 is 2.06 bits per heavy atom. The zero-order valence-corrected chi connectivity index (χ0v) is 10.7. The average Bonchev–Trinajstić information content (AvgIpc) is 2.32. The van der Waals surface area contributed by atoms with Crippen molar-refractivity contribution in [3.05, 3.63) is 23.5 Å². The van der Waals surface area contributed by atoms with Crippen LogP contribution in [0.4, 0.5) is 4.39 Å². The summed E-state index contributed by atoms with van der Waals surface area (Å²) in [7, 11) is 0. The quantitative estimate of drug-likeness (QED) is 0.823. The van der Waals surface area contributed by atoms with E-state index in [0.717, 1.165) is 6.07 Å². The predicted molar refractivity (Wildman–Crippen MR) is 64.3 cm³/mol. The van der Waals surface area contributed by atoms with Gasteiger partial charge >= 0.3 is 5.97 Å². The predicted octanol–water partition coefficient (Wildman–Crippen LogP) is 2.60. The maximum Gasteiger partial charge on any atom is 0.313 e. The Kier molecular flexibility index (Phi) is 4.95. The molecule has 18 heavy (non-hydrogen) atoms. The minimum absolute atomic E-state index is 0.148. The van der Waals surface area contributed by atoms with Gasteiger partial charge < -0.3 is 14.6 Å². The summed E-state index contributed by atoms with van der Waals surface area (Å²) < 4.78 is 23.7. The Morgan fingerprint density at radius 3 is 2.61 bits per heavy atom. The molecule has 0 saturated heterocycles. The van der Waals surface area contributed by atoms with E-state index in [1.54, 1.807) is 20.8 Å². The van der Waals surface area contributed by atoms with Crippen LogP contribution in [0.25, 0.3) is 0 Å². The van der Waals surface area contributed by atoms with Gasteiger partial charge in [0.1, 0.15) is 5.82 Å². The molecule has 0 heterocycles. The lowest BCUT2D eigenvalue weighted by Crippen LogP contribution is -2.14. The van der Waals surface area contributed by atoms with Gasteiger partial charge in [-0.2, -0.15) is 0 Å². The zero-order chi connectivity index (χ0) is 13.7. The molecule has 1 rings (SSSR count). The molecular formula is C13H17FO4. The Balaban J connectivity index is 3.07. The second kappa shape index (κ2) is 6.23. The van der Waals surface area contributed by atoms with Crippen molar-refractivity contribution >= 4 is 5.97 Å². The lowest BCUT2D eigenvalue weighted by molar-refractivity contribution is -0.144. The molecule has 0 aliphatic carbocycles. The molecule has 1 aromatic carbocycles. The van der Waals surface area contributed by atoms with Gasteiger partial charge in [-0.15, -0.1) is 0 Å². The fourth-order valence-electron chi connectivity index (χ4n) is 1.56. The second-order valence-corrected chi connectivity index (χ2v) is 3.75. The zero-order valence-electron chi connectivity index (χ0n) is 10.7. The number of hydrogen-bond acceptors (Lipinski definition) is 4. The lowest BCUT2D eigenvalue weighted by Gasteiger charge is -2.14. The number of aromatic hydroxyl groups is 1. The highest BCUT2D eigenvalue weighted by atomic mass is 19.1. The van der Waals surface area contributed by atoms with E-state index in [1.807, 2.05) is 0 Å². The molecule has 0 spiro atoms. The first-order valence-electron chi connectivity index (χ1n) is 5.83. The van der Waals surface area contributed by atoms with E-state index >= 15 is 0 Å². The van der Waals surface area contributed by atoms with Crippen molar-refractivity contribution in [2.45, 2.75) is 26.7 Å². The highest BCUT2D eigenvalue weighted by Gasteiger charge is 2.22. The van der Waals surface area contributed by atoms with Crippen LogP contribution in [-0.2, 0) is 9.53 Å². The van der Waals surface area contributed by atoms with Gasteiger partial charge in [0.15, 0.2) is 11.5 Å². The van der Waals surface area contributed by atoms with E-state index < -0.39 is 17.7 Å². The number of esters is 1. The monoisotopic (exact) mass is 256 g/mol. The van der Waals surface area contributed by atoms with Crippen molar-refractivity contribution in [3.63, 3.8) is 0 Å². The van der Waals surface area contributed by atoms with E-state index in [9.17, 15) is 14.3 Å². The van der Waals surface area contributed by atoms with E-state index in [0.29, 0.717) is 6.61 Å². The average molecular weight is 256 g/mol. The van der Waals surface area contributed by atoms with Crippen LogP contribution in [0, 0.1) is 5.82 Å². The minimum Gasteiger partial charge on any atom is -0.504 e. The van der Waals surface area contributed by atoms with E-state index in [-0.39, 0.29) is 23.7 Å². The third kappa shape index (κ3) is 3.12. The minimum atomic E-state index is -0.746. The number of rotatable bonds is 5. The third-order valence-electron chi connectivity index (χ3n) is 2.48. The second-order valence-electron chi connectivity index (χ2n) is 3.75. The Hall–Kier alpha value is -1.78. The maximum atomic E-state index is 13.7. The molecule has 0 radical (unpaired) electrons. The Morgan fingerprint density at radius 1 is 1.39 bits per heavy atom. The molecule has 4 nitrogen and oxygen atoms in total. The van der Waals surface area contributed by atoms with Gasteiger partial charge in [0, 0.05) is 11.6 Å². The summed E-state index contributed by atoms with van der Waals surface area (Å²) in [6.07, 6.45) is 0. The summed E-state index contributed by atoms with van der Waals surface area (Å²) in [5, 5.41) is 9.49. The first kappa shape index (κ1) is 14.3. The third-order valence-corrected chi connectivity index (χ3v) is 2.48. The highest BCUT2D eigenvalue weighted by molar-refractivity contribution is 5.78. The number of carbonyl (C=O) groups excluding carboxylic acids is 1. The van der Waals surface area contributed by atoms with Crippen molar-refractivity contribution in [2.75, 3.05) is 13.2 Å². The number of hydrogen-bond donors (Lipinski definition) is 1. The van der Waals surface area contributed by atoms with E-state index in [1.165, 1.54) is 6.07 Å². The lowest BCUT2D eigenvalue weighted by atomic mass is 10.00. The van der Waals surface area contributed by atoms with Crippen LogP contribution in [0.5, 0.6) is 11.5 Å². The molecular weight excluding hydrogens is 239 g/mol. The van der Waals surface area contributed by atoms with Crippen LogP contribution in [0.15, 0.2) is 12.1 Å². The van der Waals surface area contributed by atoms with Gasteiger partial charge in [0.05, 0.1) is 19.1 Å². The molecule has 5 heteroatoms. The maximum absolute atomic E-state index is 13.7. The summed E-state index contributed by atoms with van der Waals surface area (Å²) in [6.45, 7) is 5.55. The normalized spacial score (nSPS) is 12.0. The molecule has 100 valence electrons. The number of ether oxygens (including phenoxy) is 2. The summed E-state index contributed by atoms with van der Waals surface area (Å²) in [5.74, 6) is -2.04. The molecule has 0 bridgehead atoms. The van der Waals surface area contributed by atoms with Gasteiger partial charge in [-0.25, -0.2) is 4.39 Å². The van der Waals surface area contributed by atoms with Gasteiger partial charge in [-0.1, -0.05) is 0 Å². The van der Waals surface area contributed by atoms with Crippen LogP contribution >= 0.6 is 0 Å². The van der Waals surface area contributed by atoms with E-state index in [2.05, 4.69) is 0 Å². The molecule has 0 aliphatic heterocycles. The molecule has 1 aromatic rings. The standard InChI is InChI=1S/C13H17FO4/c1-4-17-12-6-9(10(14)7-11(12)15)8(3)13(16)18-5-2/h6-8,15H,4-5H2,1-3H3. The van der Waals surface area contributed by atoms with Gasteiger partial charge in [-0.3, -0.25) is 4.79 Å². The molecule has 0 aliphatic rings. The summed E-state index contributed by atoms with van der Waals surface area (Å²) in [6, 6.07) is 2.27. The van der Waals surface area contributed by atoms with E-state index in [4.69, 9.17) is 9.47 Å². The summed E-state index contributed by atoms with van der Waals surface area (Å²) >= 11 is 0. The van der Waals surface area contributed by atoms with Crippen molar-refractivity contribution in [1.29, 1.82) is 0 Å². The van der Waals surface area contributed by atoms with Gasteiger partial charge in [0.25, 0.3) is 0 Å². The number of benzene rings is 1. The molecule has 1 atom stereocenters. The van der Waals surface area contributed by atoms with Crippen LogP contribution in [0.1, 0.15) is 32.3 Å². The molecule has 0 fully saturated rings. The topological polar surface area (TPSA) is 55.8 Å². The number of halogens is 1. The van der Waals surface area contributed by atoms with Gasteiger partial charge in [-0.05, 0) is 26.8 Å². The highest BCUT2D eigenvalue weighted by Crippen LogP contribution is 2.32. The van der Waals surface area contributed by atoms with Gasteiger partial charge in [0.2, 0.25) is 0 Å². The largest absolute Gasteiger partial charge is 0.504 e. The Bertz CT molecular complexity index is 431. The number of phenols is 1. The molecule has 1 unspecified atom stereocenters. The molecule has 1 N–H and O–H groups in total. The summed E-state index contributed by atoms with van der Waals surface area (Å²) in [4.78, 5) is 11.6. The van der Waals surface area contributed by atoms with Crippen LogP contribution < -0.4 is 4.74 Å². The summed E-state index contributed by atoms with van der Waals surface area (Å²) in [5.41, 5.74) is 0.148. The van der Waals surface area contributed by atoms with Crippen LogP contribution in [-0.4, -0.2) is 24.3 Å². The fraction of sp³-hybridized carbons (Fsp3) is 0.462. The Labute approximate surface area is 105 Å². The molecule has 0 aromatic heterocycles. The van der Waals surface area contributed by atoms with Crippen molar-refractivity contribution in [3.8, 4) is 11.5 Å².